The molecule has 1 atom stereocenters. The molecule has 11 nitrogen and oxygen atoms in total. The van der Waals surface area contributed by atoms with Crippen molar-refractivity contribution in [1.82, 2.24) is 19.7 Å². The number of para-hydroxylation sites is 2. The SMILES string of the molecule is CC(C)(C)OC(=O)ON1CCc2c(c(-c3ccc(C(F)(F)F)cc3)nn2CC(O)CN2CCC(N3C(=O)COc4ccccc43)CC2)C1. The van der Waals surface area contributed by atoms with E-state index >= 15 is 0 Å². The van der Waals surface area contributed by atoms with Crippen LogP contribution < -0.4 is 9.64 Å². The van der Waals surface area contributed by atoms with E-state index in [1.54, 1.807) is 25.5 Å². The van der Waals surface area contributed by atoms with E-state index < -0.39 is 29.6 Å². The number of benzene rings is 2. The summed E-state index contributed by atoms with van der Waals surface area (Å²) in [5.41, 5.74) is 1.73. The second-order valence-electron chi connectivity index (χ2n) is 13.4. The van der Waals surface area contributed by atoms with Gasteiger partial charge in [0.1, 0.15) is 11.4 Å². The summed E-state index contributed by atoms with van der Waals surface area (Å²) in [6, 6.07) is 12.4. The van der Waals surface area contributed by atoms with Gasteiger partial charge in [0.15, 0.2) is 6.61 Å². The van der Waals surface area contributed by atoms with Crippen LogP contribution in [-0.2, 0) is 40.1 Å². The van der Waals surface area contributed by atoms with Crippen molar-refractivity contribution in [2.24, 2.45) is 0 Å². The zero-order chi connectivity index (χ0) is 34.2. The van der Waals surface area contributed by atoms with Crippen molar-refractivity contribution >= 4 is 17.7 Å². The Bertz CT molecular complexity index is 1630. The number of anilines is 1. The van der Waals surface area contributed by atoms with E-state index in [1.807, 2.05) is 29.2 Å². The number of likely N-dealkylation sites (tertiary alicyclic amines) is 1. The summed E-state index contributed by atoms with van der Waals surface area (Å²) in [6.45, 7) is 7.65. The molecule has 1 N–H and O–H groups in total. The number of halogens is 3. The molecule has 0 saturated carbocycles. The maximum Gasteiger partial charge on any atom is 0.528 e. The van der Waals surface area contributed by atoms with Crippen LogP contribution in [0.3, 0.4) is 0 Å². The van der Waals surface area contributed by atoms with Crippen LogP contribution in [0.15, 0.2) is 48.5 Å². The Balaban J connectivity index is 1.14. The maximum absolute atomic E-state index is 13.3. The number of aliphatic hydroxyl groups excluding tert-OH is 1. The minimum Gasteiger partial charge on any atom is -0.482 e. The molecule has 3 aromatic rings. The highest BCUT2D eigenvalue weighted by atomic mass is 19.4. The van der Waals surface area contributed by atoms with Crippen LogP contribution in [0.5, 0.6) is 5.75 Å². The summed E-state index contributed by atoms with van der Waals surface area (Å²) in [6.07, 6.45) is -4.19. The number of rotatable bonds is 7. The average Bonchev–Trinajstić information content (AvgIpc) is 3.37. The van der Waals surface area contributed by atoms with Crippen molar-refractivity contribution in [3.05, 3.63) is 65.4 Å². The van der Waals surface area contributed by atoms with Crippen LogP contribution >= 0.6 is 0 Å². The normalized spacial score (nSPS) is 18.6. The summed E-state index contributed by atoms with van der Waals surface area (Å²) < 4.78 is 52.4. The molecule has 0 aliphatic carbocycles. The lowest BCUT2D eigenvalue weighted by Gasteiger charge is -2.41. The van der Waals surface area contributed by atoms with Gasteiger partial charge in [0.25, 0.3) is 5.91 Å². The van der Waals surface area contributed by atoms with Gasteiger partial charge in [0.05, 0.1) is 36.1 Å². The lowest BCUT2D eigenvalue weighted by atomic mass is 10.0. The molecule has 6 rings (SSSR count). The molecular weight excluding hydrogens is 631 g/mol. The minimum atomic E-state index is -4.48. The number of fused-ring (bicyclic) bond motifs is 2. The third kappa shape index (κ3) is 7.61. The summed E-state index contributed by atoms with van der Waals surface area (Å²) in [5, 5.41) is 17.4. The molecule has 0 bridgehead atoms. The Morgan fingerprint density at radius 1 is 1.04 bits per heavy atom. The first-order valence-corrected chi connectivity index (χ1v) is 16.1. The van der Waals surface area contributed by atoms with Crippen molar-refractivity contribution in [2.45, 2.75) is 77.0 Å². The maximum atomic E-state index is 13.3. The number of piperidine rings is 1. The molecule has 4 heterocycles. The quantitative estimate of drug-likeness (QED) is 0.346. The molecule has 0 radical (unpaired) electrons. The van der Waals surface area contributed by atoms with E-state index in [-0.39, 0.29) is 31.6 Å². The van der Waals surface area contributed by atoms with Crippen LogP contribution in [0.1, 0.15) is 50.4 Å². The van der Waals surface area contributed by atoms with Crippen LogP contribution in [0.2, 0.25) is 0 Å². The van der Waals surface area contributed by atoms with Crippen LogP contribution in [0.25, 0.3) is 11.3 Å². The Labute approximate surface area is 276 Å². The number of amides is 1. The third-order valence-corrected chi connectivity index (χ3v) is 8.70. The zero-order valence-corrected chi connectivity index (χ0v) is 27.2. The monoisotopic (exact) mass is 671 g/mol. The Hall–Kier alpha value is -4.14. The van der Waals surface area contributed by atoms with Gasteiger partial charge in [-0.2, -0.15) is 18.3 Å². The standard InChI is InChI=1S/C34H40F3N5O6/c1-33(2,3)47-32(45)48-40-17-14-27-26(20-40)31(22-8-10-23(11-9-22)34(35,36)37)38-41(27)19-25(43)18-39-15-12-24(13-16-39)42-28-6-4-5-7-29(28)46-21-30(42)44/h4-11,24-25,43H,12-21H2,1-3H3. The molecule has 3 aliphatic rings. The zero-order valence-electron chi connectivity index (χ0n) is 27.2. The Kier molecular flexibility index (Phi) is 9.42. The van der Waals surface area contributed by atoms with Crippen LogP contribution in [0, 0.1) is 0 Å². The van der Waals surface area contributed by atoms with E-state index in [1.165, 1.54) is 17.2 Å². The van der Waals surface area contributed by atoms with Gasteiger partial charge in [0, 0.05) is 55.5 Å². The number of aromatic nitrogens is 2. The minimum absolute atomic E-state index is 0.0173. The molecule has 1 amide bonds. The van der Waals surface area contributed by atoms with Crippen molar-refractivity contribution in [3.8, 4) is 17.0 Å². The summed E-state index contributed by atoms with van der Waals surface area (Å²) in [5.74, 6) is 0.641. The van der Waals surface area contributed by atoms with Crippen molar-refractivity contribution in [3.63, 3.8) is 0 Å². The molecule has 14 heteroatoms. The van der Waals surface area contributed by atoms with Crippen molar-refractivity contribution < 1.29 is 42.2 Å². The second kappa shape index (κ2) is 13.4. The first-order valence-electron chi connectivity index (χ1n) is 16.1. The van der Waals surface area contributed by atoms with E-state index in [9.17, 15) is 27.9 Å². The summed E-state index contributed by atoms with van der Waals surface area (Å²) >= 11 is 0. The van der Waals surface area contributed by atoms with E-state index in [2.05, 4.69) is 4.90 Å². The van der Waals surface area contributed by atoms with Crippen molar-refractivity contribution in [2.75, 3.05) is 37.7 Å². The van der Waals surface area contributed by atoms with Gasteiger partial charge in [-0.05, 0) is 57.9 Å². The smallest absolute Gasteiger partial charge is 0.482 e. The topological polar surface area (TPSA) is 110 Å². The highest BCUT2D eigenvalue weighted by Gasteiger charge is 2.35. The number of hydrogen-bond acceptors (Lipinski definition) is 9. The number of alkyl halides is 3. The number of aliphatic hydroxyl groups is 1. The average molecular weight is 672 g/mol. The lowest BCUT2D eigenvalue weighted by molar-refractivity contribution is -0.151. The molecule has 1 fully saturated rings. The third-order valence-electron chi connectivity index (χ3n) is 8.70. The first kappa shape index (κ1) is 33.7. The van der Waals surface area contributed by atoms with Crippen molar-refractivity contribution in [1.29, 1.82) is 0 Å². The van der Waals surface area contributed by atoms with E-state index in [0.717, 1.165) is 36.4 Å². The summed E-state index contributed by atoms with van der Waals surface area (Å²) in [7, 11) is 0. The first-order chi connectivity index (χ1) is 22.7. The second-order valence-corrected chi connectivity index (χ2v) is 13.4. The lowest BCUT2D eigenvalue weighted by Crippen LogP contribution is -2.51. The predicted octanol–water partition coefficient (Wildman–Crippen LogP) is 5.04. The van der Waals surface area contributed by atoms with Crippen LogP contribution in [-0.4, -0.2) is 87.4 Å². The molecule has 3 aliphatic heterocycles. The van der Waals surface area contributed by atoms with Gasteiger partial charge >= 0.3 is 12.3 Å². The molecule has 1 saturated heterocycles. The molecule has 1 unspecified atom stereocenters. The van der Waals surface area contributed by atoms with Crippen LogP contribution in [0.4, 0.5) is 23.7 Å². The largest absolute Gasteiger partial charge is 0.528 e. The highest BCUT2D eigenvalue weighted by Crippen LogP contribution is 2.36. The summed E-state index contributed by atoms with van der Waals surface area (Å²) in [4.78, 5) is 34.6. The molecule has 258 valence electrons. The van der Waals surface area contributed by atoms with E-state index in [0.29, 0.717) is 55.2 Å². The number of hydrogen-bond donors (Lipinski definition) is 1. The van der Waals surface area contributed by atoms with Gasteiger partial charge in [0.2, 0.25) is 0 Å². The molecule has 1 aromatic heterocycles. The van der Waals surface area contributed by atoms with Gasteiger partial charge in [-0.1, -0.05) is 24.3 Å². The molecule has 48 heavy (non-hydrogen) atoms. The van der Waals surface area contributed by atoms with Gasteiger partial charge in [-0.15, -0.1) is 5.06 Å². The fourth-order valence-corrected chi connectivity index (χ4v) is 6.56. The molecule has 0 spiro atoms. The molecule has 2 aromatic carbocycles. The fraction of sp³-hybridized carbons (Fsp3) is 0.500. The Morgan fingerprint density at radius 2 is 1.75 bits per heavy atom. The predicted molar refractivity (Wildman–Crippen MR) is 169 cm³/mol. The number of nitrogens with zero attached hydrogens (tertiary/aromatic N) is 5. The number of β-amino-alcohol motifs (C(OH)–C–C–N with tert-alkyl or cyclic N) is 1. The van der Waals surface area contributed by atoms with E-state index in [4.69, 9.17) is 19.4 Å². The Morgan fingerprint density at radius 3 is 2.44 bits per heavy atom. The van der Waals surface area contributed by atoms with Gasteiger partial charge < -0.3 is 29.2 Å². The fourth-order valence-electron chi connectivity index (χ4n) is 6.56. The molecular formula is C34H40F3N5O6. The highest BCUT2D eigenvalue weighted by molar-refractivity contribution is 5.98. The number of ether oxygens (including phenoxy) is 2. The number of carbonyl (C=O) groups excluding carboxylic acids is 2. The van der Waals surface area contributed by atoms with Gasteiger partial charge in [-0.3, -0.25) is 9.48 Å². The van der Waals surface area contributed by atoms with Gasteiger partial charge in [-0.25, -0.2) is 4.79 Å². The number of carbonyl (C=O) groups is 2. The number of hydroxylamine groups is 2.